The second-order valence-electron chi connectivity index (χ2n) is 10.9. The van der Waals surface area contributed by atoms with Crippen LogP contribution in [-0.2, 0) is 19.3 Å². The van der Waals surface area contributed by atoms with Gasteiger partial charge in [0.1, 0.15) is 46.2 Å². The van der Waals surface area contributed by atoms with Gasteiger partial charge in [-0.2, -0.15) is 0 Å². The first-order valence-corrected chi connectivity index (χ1v) is 14.5. The molecule has 1 aliphatic rings. The molecule has 1 atom stereocenters. The molecular weight excluding hydrogens is 580 g/mol. The molecule has 0 aliphatic carbocycles. The minimum atomic E-state index is -0.650. The van der Waals surface area contributed by atoms with Crippen molar-refractivity contribution in [1.82, 2.24) is 0 Å². The second-order valence-corrected chi connectivity index (χ2v) is 11.3. The molecule has 0 radical (unpaired) electrons. The number of halogens is 1. The number of carbonyl (C=O) groups is 1. The summed E-state index contributed by atoms with van der Waals surface area (Å²) in [7, 11) is 0. The van der Waals surface area contributed by atoms with Crippen molar-refractivity contribution in [3.05, 3.63) is 141 Å². The highest BCUT2D eigenvalue weighted by atomic mass is 35.5. The summed E-state index contributed by atoms with van der Waals surface area (Å²) in [6.45, 7) is 0. The minimum Gasteiger partial charge on any atom is -0.508 e. The van der Waals surface area contributed by atoms with Crippen LogP contribution in [0.3, 0.4) is 0 Å². The number of carbonyl (C=O) groups excluding carboxylic acids is 1. The molecule has 8 heteroatoms. The average molecular weight is 609 g/mol. The number of ketones is 1. The Hall–Kier alpha value is -5.14. The van der Waals surface area contributed by atoms with Crippen LogP contribution >= 0.6 is 11.6 Å². The first-order chi connectivity index (χ1) is 21.2. The van der Waals surface area contributed by atoms with E-state index >= 15 is 0 Å². The lowest BCUT2D eigenvalue weighted by Crippen LogP contribution is -2.22. The second kappa shape index (κ2) is 11.9. The van der Waals surface area contributed by atoms with Crippen molar-refractivity contribution in [3.8, 4) is 34.5 Å². The molecule has 0 saturated heterocycles. The van der Waals surface area contributed by atoms with Crippen LogP contribution < -0.4 is 4.74 Å². The maximum absolute atomic E-state index is 13.6. The van der Waals surface area contributed by atoms with E-state index < -0.39 is 11.9 Å². The first kappa shape index (κ1) is 29.0. The zero-order valence-electron chi connectivity index (χ0n) is 23.5. The predicted molar refractivity (Wildman–Crippen MR) is 166 cm³/mol. The Morgan fingerprint density at radius 3 is 2.05 bits per heavy atom. The summed E-state index contributed by atoms with van der Waals surface area (Å²) in [6, 6.07) is 25.5. The van der Waals surface area contributed by atoms with Crippen molar-refractivity contribution in [2.45, 2.75) is 31.8 Å². The summed E-state index contributed by atoms with van der Waals surface area (Å²) in [5.41, 5.74) is 3.24. The largest absolute Gasteiger partial charge is 0.508 e. The molecule has 0 spiro atoms. The normalized spacial score (nSPS) is 14.2. The molecule has 44 heavy (non-hydrogen) atoms. The molecule has 7 nitrogen and oxygen atoms in total. The molecule has 0 unspecified atom stereocenters. The minimum absolute atomic E-state index is 0.0192. The Kier molecular flexibility index (Phi) is 7.80. The van der Waals surface area contributed by atoms with Gasteiger partial charge >= 0.3 is 0 Å². The van der Waals surface area contributed by atoms with Crippen LogP contribution in [0.5, 0.6) is 34.5 Å². The van der Waals surface area contributed by atoms with Crippen LogP contribution in [0.2, 0.25) is 5.02 Å². The zero-order valence-corrected chi connectivity index (χ0v) is 24.3. The number of benzene rings is 5. The molecule has 1 heterocycles. The quantitative estimate of drug-likeness (QED) is 0.131. The van der Waals surface area contributed by atoms with Crippen LogP contribution in [0, 0.1) is 0 Å². The summed E-state index contributed by atoms with van der Waals surface area (Å²) < 4.78 is 6.36. The first-order valence-electron chi connectivity index (χ1n) is 14.1. The molecule has 5 aromatic carbocycles. The number of Topliss-reactive ketones (excluding diaryl/α,β-unsaturated/α-hetero) is 1. The lowest BCUT2D eigenvalue weighted by Gasteiger charge is -2.30. The number of rotatable bonds is 7. The van der Waals surface area contributed by atoms with Gasteiger partial charge in [-0.1, -0.05) is 72.3 Å². The fourth-order valence-electron chi connectivity index (χ4n) is 5.69. The van der Waals surface area contributed by atoms with Gasteiger partial charge in [-0.15, -0.1) is 0 Å². The number of phenols is 5. The monoisotopic (exact) mass is 608 g/mol. The van der Waals surface area contributed by atoms with Crippen molar-refractivity contribution in [2.75, 3.05) is 0 Å². The lowest BCUT2D eigenvalue weighted by atomic mass is 9.87. The number of hydrogen-bond donors (Lipinski definition) is 5. The van der Waals surface area contributed by atoms with Gasteiger partial charge in [0, 0.05) is 35.4 Å². The van der Waals surface area contributed by atoms with E-state index in [2.05, 4.69) is 0 Å². The summed E-state index contributed by atoms with van der Waals surface area (Å²) in [4.78, 5) is 13.6. The van der Waals surface area contributed by atoms with E-state index in [1.165, 1.54) is 18.2 Å². The van der Waals surface area contributed by atoms with Crippen LogP contribution in [0.25, 0.3) is 0 Å². The smallest absolute Gasteiger partial charge is 0.174 e. The highest BCUT2D eigenvalue weighted by molar-refractivity contribution is 6.30. The maximum Gasteiger partial charge on any atom is 0.174 e. The van der Waals surface area contributed by atoms with Crippen molar-refractivity contribution in [1.29, 1.82) is 0 Å². The summed E-state index contributed by atoms with van der Waals surface area (Å²) in [5.74, 6) is -1.00. The maximum atomic E-state index is 13.6. The summed E-state index contributed by atoms with van der Waals surface area (Å²) in [6.07, 6.45) is -0.445. The highest BCUT2D eigenvalue weighted by Gasteiger charge is 2.36. The molecule has 0 saturated carbocycles. The molecular formula is C36H29ClO7. The topological polar surface area (TPSA) is 127 Å². The Balaban J connectivity index is 1.47. The molecule has 6 rings (SSSR count). The Labute approximate surface area is 258 Å². The van der Waals surface area contributed by atoms with Crippen molar-refractivity contribution >= 4 is 17.4 Å². The highest BCUT2D eigenvalue weighted by Crippen LogP contribution is 2.50. The third-order valence-electron chi connectivity index (χ3n) is 7.98. The van der Waals surface area contributed by atoms with Crippen molar-refractivity contribution in [2.24, 2.45) is 0 Å². The number of aromatic hydroxyl groups is 5. The lowest BCUT2D eigenvalue weighted by molar-refractivity contribution is 0.0842. The van der Waals surface area contributed by atoms with Gasteiger partial charge in [0.25, 0.3) is 0 Å². The number of para-hydroxylation sites is 1. The fraction of sp³-hybridized carbons (Fsp3) is 0.139. The predicted octanol–water partition coefficient (Wildman–Crippen LogP) is 7.35. The molecule has 0 fully saturated rings. The van der Waals surface area contributed by atoms with Crippen molar-refractivity contribution in [3.63, 3.8) is 0 Å². The standard InChI is InChI=1S/C36H29ClO7/c37-25-11-13-30(40)23(16-25)14-20-10-12-29(39)24(15-20)18-27-34(42)26(17-22-8-4-5-9-28(22)38)35(43)33-31(41)19-32(44-36(27)33)21-6-2-1-3-7-21/h1-13,15-16,32,38-40,42-43H,14,17-19H2/t32-/m0/s1. The molecule has 1 aliphatic heterocycles. The van der Waals surface area contributed by atoms with Gasteiger partial charge in [0.05, 0.1) is 6.42 Å². The van der Waals surface area contributed by atoms with E-state index in [0.29, 0.717) is 28.1 Å². The van der Waals surface area contributed by atoms with Crippen LogP contribution in [0.4, 0.5) is 0 Å². The summed E-state index contributed by atoms with van der Waals surface area (Å²) in [5, 5.41) is 55.2. The van der Waals surface area contributed by atoms with Gasteiger partial charge in [-0.05, 0) is 58.1 Å². The van der Waals surface area contributed by atoms with E-state index in [-0.39, 0.29) is 70.5 Å². The number of ether oxygens (including phenoxy) is 1. The molecule has 5 N–H and O–H groups in total. The van der Waals surface area contributed by atoms with E-state index in [0.717, 1.165) is 11.1 Å². The van der Waals surface area contributed by atoms with E-state index in [1.54, 1.807) is 42.5 Å². The zero-order chi connectivity index (χ0) is 31.0. The van der Waals surface area contributed by atoms with Gasteiger partial charge in [-0.25, -0.2) is 0 Å². The Bertz CT molecular complexity index is 1880. The van der Waals surface area contributed by atoms with E-state index in [9.17, 15) is 30.3 Å². The third-order valence-corrected chi connectivity index (χ3v) is 8.22. The SMILES string of the molecule is O=C1C[C@@H](c2ccccc2)Oc2c(Cc3cc(Cc4cc(Cl)ccc4O)ccc3O)c(O)c(Cc3ccccc3O)c(O)c21. The van der Waals surface area contributed by atoms with Crippen LogP contribution in [0.15, 0.2) is 91.0 Å². The Morgan fingerprint density at radius 1 is 0.659 bits per heavy atom. The number of phenolic OH excluding ortho intramolecular Hbond substituents is 5. The average Bonchev–Trinajstić information content (AvgIpc) is 3.01. The fourth-order valence-corrected chi connectivity index (χ4v) is 5.88. The molecule has 222 valence electrons. The molecule has 0 amide bonds. The summed E-state index contributed by atoms with van der Waals surface area (Å²) >= 11 is 6.14. The Morgan fingerprint density at radius 2 is 1.30 bits per heavy atom. The van der Waals surface area contributed by atoms with Crippen LogP contribution in [0.1, 0.15) is 61.8 Å². The third kappa shape index (κ3) is 5.62. The van der Waals surface area contributed by atoms with E-state index in [1.807, 2.05) is 30.3 Å². The molecule has 0 bridgehead atoms. The molecule has 5 aromatic rings. The van der Waals surface area contributed by atoms with Gasteiger partial charge in [0.2, 0.25) is 0 Å². The van der Waals surface area contributed by atoms with Gasteiger partial charge in [0.15, 0.2) is 5.78 Å². The molecule has 0 aromatic heterocycles. The van der Waals surface area contributed by atoms with Gasteiger partial charge in [-0.3, -0.25) is 4.79 Å². The number of hydrogen-bond acceptors (Lipinski definition) is 7. The van der Waals surface area contributed by atoms with Crippen LogP contribution in [-0.4, -0.2) is 31.3 Å². The van der Waals surface area contributed by atoms with Crippen molar-refractivity contribution < 1.29 is 35.1 Å². The number of fused-ring (bicyclic) bond motifs is 1. The van der Waals surface area contributed by atoms with Gasteiger partial charge < -0.3 is 30.3 Å². The van der Waals surface area contributed by atoms with E-state index in [4.69, 9.17) is 16.3 Å².